The minimum Gasteiger partial charge on any atom is -0.471 e. The molecule has 1 fully saturated rings. The van der Waals surface area contributed by atoms with E-state index >= 15 is 0 Å². The van der Waals surface area contributed by atoms with E-state index in [9.17, 15) is 9.36 Å². The van der Waals surface area contributed by atoms with Gasteiger partial charge in [-0.1, -0.05) is 92.1 Å². The van der Waals surface area contributed by atoms with Gasteiger partial charge in [0.15, 0.2) is 0 Å². The van der Waals surface area contributed by atoms with Crippen LogP contribution in [-0.4, -0.2) is 93.9 Å². The summed E-state index contributed by atoms with van der Waals surface area (Å²) in [5.74, 6) is 0. The van der Waals surface area contributed by atoms with Crippen molar-refractivity contribution in [3.63, 3.8) is 0 Å². The Kier molecular flexibility index (Phi) is 22.8. The summed E-state index contributed by atoms with van der Waals surface area (Å²) in [5, 5.41) is 2.67. The Hall–Kier alpha value is -0.890. The molecule has 0 bridgehead atoms. The molecule has 268 valence electrons. The number of phosphoric acid groups is 1. The Labute approximate surface area is 288 Å². The number of alkyl carbamates (subject to hydrolysis) is 1. The van der Waals surface area contributed by atoms with E-state index in [0.717, 1.165) is 25.7 Å². The van der Waals surface area contributed by atoms with Crippen molar-refractivity contribution in [1.29, 1.82) is 0 Å². The zero-order valence-corrected chi connectivity index (χ0v) is 30.4. The van der Waals surface area contributed by atoms with Crippen LogP contribution in [0.4, 0.5) is 4.79 Å². The average Bonchev–Trinajstić information content (AvgIpc) is 3.02. The van der Waals surface area contributed by atoms with Crippen LogP contribution in [0.25, 0.3) is 0 Å². The molecule has 16 heteroatoms. The molecule has 1 N–H and O–H groups in total. The lowest BCUT2D eigenvalue weighted by Gasteiger charge is -2.45. The third-order valence-corrected chi connectivity index (χ3v) is 8.40. The van der Waals surface area contributed by atoms with Gasteiger partial charge in [-0.15, -0.1) is 13.2 Å². The predicted molar refractivity (Wildman–Crippen MR) is 178 cm³/mol. The number of hydrogen-bond donors (Lipinski definition) is 1. The predicted octanol–water partition coefficient (Wildman–Crippen LogP) is 7.42. The molecule has 1 unspecified atom stereocenters. The number of hydrogen-bond acceptors (Lipinski definition) is 11. The molecule has 0 aromatic rings. The maximum atomic E-state index is 13.8. The number of carbonyl (C=O) groups excluding carboxylic acids is 1. The van der Waals surface area contributed by atoms with E-state index in [1.54, 1.807) is 20.1 Å². The standard InChI is InChI=1S/C30H51Cl3NO11P/c1-7-11-12-13-14-15-23(38-6)16-20-39-27-25(34-29(35)41-22-30(31,32)33)28(40-17-8-2)44-24(21-37-5)26(27)45-46(36,42-18-9-3)43-19-10-4/h8-10,17,23-28H,3-4,7,11-16,18-22H2,1-2,5-6H3,(H,34,35)/t23-,24?,25-,26-,27-,28+/m1/s1. The molecule has 1 rings (SSSR count). The lowest BCUT2D eigenvalue weighted by Crippen LogP contribution is -2.66. The maximum Gasteiger partial charge on any atom is 0.475 e. The Bertz CT molecular complexity index is 924. The lowest BCUT2D eigenvalue weighted by molar-refractivity contribution is -0.262. The topological polar surface area (TPSA) is 129 Å². The Morgan fingerprint density at radius 1 is 1.04 bits per heavy atom. The van der Waals surface area contributed by atoms with Gasteiger partial charge in [0.25, 0.3) is 0 Å². The monoisotopic (exact) mass is 737 g/mol. The van der Waals surface area contributed by atoms with E-state index < -0.39 is 55.0 Å². The summed E-state index contributed by atoms with van der Waals surface area (Å²) in [6.45, 7) is 10.4. The molecule has 1 aliphatic heterocycles. The fourth-order valence-corrected chi connectivity index (χ4v) is 5.99. The Balaban J connectivity index is 3.43. The quantitative estimate of drug-likeness (QED) is 0.0330. The van der Waals surface area contributed by atoms with Gasteiger partial charge < -0.3 is 33.7 Å². The number of allylic oxidation sites excluding steroid dienone is 1. The minimum absolute atomic E-state index is 0.0357. The number of ether oxygens (including phenoxy) is 6. The first-order chi connectivity index (χ1) is 22.0. The number of nitrogens with one attached hydrogen (secondary N) is 1. The van der Waals surface area contributed by atoms with Gasteiger partial charge in [-0.05, 0) is 19.8 Å². The summed E-state index contributed by atoms with van der Waals surface area (Å²) in [6.07, 6.45) is 7.48. The van der Waals surface area contributed by atoms with Crippen LogP contribution >= 0.6 is 42.6 Å². The van der Waals surface area contributed by atoms with Crippen LogP contribution in [0.2, 0.25) is 0 Å². The molecule has 12 nitrogen and oxygen atoms in total. The van der Waals surface area contributed by atoms with Crippen molar-refractivity contribution in [3.05, 3.63) is 37.6 Å². The molecule has 0 spiro atoms. The number of halogens is 3. The fraction of sp³-hybridized carbons (Fsp3) is 0.767. The van der Waals surface area contributed by atoms with E-state index in [0.29, 0.717) is 6.42 Å². The van der Waals surface area contributed by atoms with Gasteiger partial charge in [0.05, 0.1) is 32.2 Å². The normalized spacial score (nSPS) is 22.8. The van der Waals surface area contributed by atoms with Crippen LogP contribution < -0.4 is 5.32 Å². The maximum absolute atomic E-state index is 13.8. The highest BCUT2D eigenvalue weighted by molar-refractivity contribution is 7.48. The van der Waals surface area contributed by atoms with Crippen molar-refractivity contribution in [3.8, 4) is 0 Å². The molecular weight excluding hydrogens is 688 g/mol. The SMILES string of the molecule is C=CCOP(=O)(OCC=C)O[C@@H]1C(COC)O[C@H](OC=CC)[C@H](NC(=O)OCC(Cl)(Cl)Cl)[C@H]1OCC[C@@H](CCCCCCC)OC. The van der Waals surface area contributed by atoms with Crippen LogP contribution in [-0.2, 0) is 46.6 Å². The number of methoxy groups -OCH3 is 2. The van der Waals surface area contributed by atoms with Gasteiger partial charge in [-0.25, -0.2) is 9.36 Å². The van der Waals surface area contributed by atoms with Crippen LogP contribution in [0.3, 0.4) is 0 Å². The van der Waals surface area contributed by atoms with Crippen molar-refractivity contribution in [2.45, 2.75) is 99.3 Å². The number of amides is 1. The van der Waals surface area contributed by atoms with E-state index in [2.05, 4.69) is 25.4 Å². The first kappa shape index (κ1) is 43.1. The number of rotatable bonds is 25. The molecule has 0 aromatic heterocycles. The van der Waals surface area contributed by atoms with Gasteiger partial charge in [0.1, 0.15) is 31.0 Å². The van der Waals surface area contributed by atoms with Gasteiger partial charge in [0.2, 0.25) is 10.1 Å². The third kappa shape index (κ3) is 17.5. The number of unbranched alkanes of at least 4 members (excludes halogenated alkanes) is 4. The lowest BCUT2D eigenvalue weighted by atomic mass is 9.96. The fourth-order valence-electron chi connectivity index (χ4n) is 4.50. The highest BCUT2D eigenvalue weighted by atomic mass is 35.6. The second kappa shape index (κ2) is 24.3. The molecule has 1 amide bonds. The highest BCUT2D eigenvalue weighted by Crippen LogP contribution is 2.52. The molecule has 46 heavy (non-hydrogen) atoms. The highest BCUT2D eigenvalue weighted by Gasteiger charge is 2.52. The number of carbonyl (C=O) groups is 1. The molecule has 0 radical (unpaired) electrons. The van der Waals surface area contributed by atoms with E-state index in [1.807, 2.05) is 0 Å². The molecule has 6 atom stereocenters. The van der Waals surface area contributed by atoms with Gasteiger partial charge in [-0.2, -0.15) is 0 Å². The van der Waals surface area contributed by atoms with E-state index in [-0.39, 0.29) is 32.5 Å². The molecular formula is C30H51Cl3NO11P. The zero-order chi connectivity index (χ0) is 34.4. The van der Waals surface area contributed by atoms with Crippen molar-refractivity contribution < 1.29 is 51.4 Å². The third-order valence-electron chi connectivity index (χ3n) is 6.64. The summed E-state index contributed by atoms with van der Waals surface area (Å²) in [7, 11) is -1.16. The largest absolute Gasteiger partial charge is 0.475 e. The summed E-state index contributed by atoms with van der Waals surface area (Å²) in [5.41, 5.74) is 0. The summed E-state index contributed by atoms with van der Waals surface area (Å²) >= 11 is 17.3. The molecule has 0 aliphatic carbocycles. The molecule has 0 aromatic carbocycles. The zero-order valence-electron chi connectivity index (χ0n) is 27.2. The van der Waals surface area contributed by atoms with Crippen molar-refractivity contribution in [2.24, 2.45) is 0 Å². The molecule has 1 saturated heterocycles. The van der Waals surface area contributed by atoms with Crippen molar-refractivity contribution >= 4 is 48.7 Å². The Morgan fingerprint density at radius 3 is 2.28 bits per heavy atom. The molecule has 1 aliphatic rings. The average molecular weight is 739 g/mol. The van der Waals surface area contributed by atoms with E-state index in [1.165, 1.54) is 38.4 Å². The summed E-state index contributed by atoms with van der Waals surface area (Å²) in [4.78, 5) is 12.9. The van der Waals surface area contributed by atoms with Crippen LogP contribution in [0.5, 0.6) is 0 Å². The van der Waals surface area contributed by atoms with E-state index in [4.69, 9.17) is 76.8 Å². The van der Waals surface area contributed by atoms with Gasteiger partial charge in [0, 0.05) is 20.8 Å². The van der Waals surface area contributed by atoms with Crippen LogP contribution in [0.15, 0.2) is 37.6 Å². The number of phosphoric ester groups is 1. The Morgan fingerprint density at radius 2 is 1.72 bits per heavy atom. The number of alkyl halides is 3. The van der Waals surface area contributed by atoms with Gasteiger partial charge in [-0.3, -0.25) is 13.6 Å². The second-order valence-electron chi connectivity index (χ2n) is 10.3. The molecule has 1 heterocycles. The van der Waals surface area contributed by atoms with Crippen molar-refractivity contribution in [1.82, 2.24) is 5.32 Å². The van der Waals surface area contributed by atoms with Crippen molar-refractivity contribution in [2.75, 3.05) is 47.3 Å². The summed E-state index contributed by atoms with van der Waals surface area (Å²) < 4.78 is 63.5. The first-order valence-electron chi connectivity index (χ1n) is 15.3. The van der Waals surface area contributed by atoms with Crippen LogP contribution in [0, 0.1) is 0 Å². The molecule has 0 saturated carbocycles. The van der Waals surface area contributed by atoms with Crippen LogP contribution in [0.1, 0.15) is 58.8 Å². The smallest absolute Gasteiger partial charge is 0.471 e. The van der Waals surface area contributed by atoms with Gasteiger partial charge >= 0.3 is 13.9 Å². The first-order valence-corrected chi connectivity index (χ1v) is 17.9. The minimum atomic E-state index is -4.27. The second-order valence-corrected chi connectivity index (χ2v) is 14.5. The summed E-state index contributed by atoms with van der Waals surface area (Å²) in [6, 6.07) is -1.10.